The minimum atomic E-state index is 0. The maximum atomic E-state index is 4.48. The quantitative estimate of drug-likeness (QED) is 0.207. The number of aromatic nitrogens is 4. The summed E-state index contributed by atoms with van der Waals surface area (Å²) in [5.41, 5.74) is 9.42. The van der Waals surface area contributed by atoms with Gasteiger partial charge in [0.25, 0.3) is 0 Å². The van der Waals surface area contributed by atoms with Crippen LogP contribution < -0.4 is 0 Å². The van der Waals surface area contributed by atoms with E-state index in [4.69, 9.17) is 0 Å². The van der Waals surface area contributed by atoms with Crippen LogP contribution >= 0.6 is 0 Å². The molecule has 4 heterocycles. The minimum absolute atomic E-state index is 0. The van der Waals surface area contributed by atoms with Gasteiger partial charge in [-0.25, -0.2) is 0 Å². The number of rotatable bonds is 2. The molecule has 4 aromatic heterocycles. The predicted octanol–water partition coefficient (Wildman–Crippen LogP) is 9.47. The fourth-order valence-electron chi connectivity index (χ4n) is 4.15. The molecule has 0 saturated heterocycles. The average Bonchev–Trinajstić information content (AvgIpc) is 2.87. The van der Waals surface area contributed by atoms with Crippen molar-refractivity contribution < 1.29 is 20.1 Å². The largest absolute Gasteiger partial charge is 3.00 e. The van der Waals surface area contributed by atoms with Crippen molar-refractivity contribution in [2.45, 2.75) is 105 Å². The second kappa shape index (κ2) is 13.0. The van der Waals surface area contributed by atoms with Gasteiger partial charge < -0.3 is 0 Å². The van der Waals surface area contributed by atoms with Crippen molar-refractivity contribution in [1.82, 2.24) is 19.9 Å². The Hall–Kier alpha value is -2.75. The Morgan fingerprint density at radius 3 is 0.659 bits per heavy atom. The van der Waals surface area contributed by atoms with E-state index in [-0.39, 0.29) is 41.8 Å². The van der Waals surface area contributed by atoms with E-state index in [0.717, 1.165) is 22.8 Å². The Morgan fingerprint density at radius 2 is 0.512 bits per heavy atom. The minimum Gasteiger partial charge on any atom is -0.255 e. The Bertz CT molecular complexity index is 1210. The molecule has 0 aliphatic heterocycles. The predicted molar refractivity (Wildman–Crippen MR) is 170 cm³/mol. The summed E-state index contributed by atoms with van der Waals surface area (Å²) in [6.07, 6.45) is 7.51. The normalized spacial score (nSPS) is 12.2. The zero-order valence-electron chi connectivity index (χ0n) is 27.1. The van der Waals surface area contributed by atoms with Gasteiger partial charge in [-0.05, 0) is 92.4 Å². The zero-order chi connectivity index (χ0) is 29.9. The van der Waals surface area contributed by atoms with Gasteiger partial charge >= 0.3 is 20.1 Å². The molecule has 0 saturated carbocycles. The van der Waals surface area contributed by atoms with Crippen molar-refractivity contribution in [3.05, 3.63) is 95.6 Å². The van der Waals surface area contributed by atoms with E-state index >= 15 is 0 Å². The molecule has 4 nitrogen and oxygen atoms in total. The smallest absolute Gasteiger partial charge is 0.255 e. The Kier molecular flexibility index (Phi) is 11.0. The van der Waals surface area contributed by atoms with Crippen LogP contribution in [0.15, 0.2) is 73.3 Å². The summed E-state index contributed by atoms with van der Waals surface area (Å²) < 4.78 is 0. The van der Waals surface area contributed by atoms with Crippen LogP contribution in [0.5, 0.6) is 0 Å². The topological polar surface area (TPSA) is 51.6 Å². The molecule has 218 valence electrons. The van der Waals surface area contributed by atoms with Crippen molar-refractivity contribution in [3.8, 4) is 22.8 Å². The van der Waals surface area contributed by atoms with Gasteiger partial charge in [-0.15, -0.1) is 0 Å². The third-order valence-electron chi connectivity index (χ3n) is 7.03. The monoisotopic (exact) mass is 729 g/mol. The molecule has 0 aliphatic carbocycles. The number of hydrogen-bond acceptors (Lipinski definition) is 4. The molecule has 0 aliphatic rings. The summed E-state index contributed by atoms with van der Waals surface area (Å²) in [5, 5.41) is 0. The van der Waals surface area contributed by atoms with Gasteiger partial charge in [0, 0.05) is 24.8 Å². The molecule has 4 rings (SSSR count). The Balaban J connectivity index is 0.000000280. The van der Waals surface area contributed by atoms with Gasteiger partial charge in [0.05, 0.1) is 22.8 Å². The fraction of sp³-hybridized carbons (Fsp3) is 0.444. The van der Waals surface area contributed by atoms with Crippen LogP contribution in [0, 0.1) is 0 Å². The number of pyridine rings is 4. The van der Waals surface area contributed by atoms with Gasteiger partial charge in [0.2, 0.25) is 0 Å². The Labute approximate surface area is 262 Å². The van der Waals surface area contributed by atoms with E-state index in [1.807, 2.05) is 24.8 Å². The van der Waals surface area contributed by atoms with E-state index in [1.165, 1.54) is 22.3 Å². The van der Waals surface area contributed by atoms with Gasteiger partial charge in [-0.3, -0.25) is 19.9 Å². The maximum Gasteiger partial charge on any atom is 3.00 e. The second-order valence-corrected chi connectivity index (χ2v) is 14.7. The third kappa shape index (κ3) is 9.65. The van der Waals surface area contributed by atoms with Crippen LogP contribution in [-0.4, -0.2) is 19.9 Å². The first-order chi connectivity index (χ1) is 18.4. The van der Waals surface area contributed by atoms with E-state index < -0.39 is 0 Å². The molecule has 5 heteroatoms. The second-order valence-electron chi connectivity index (χ2n) is 14.7. The summed E-state index contributed by atoms with van der Waals surface area (Å²) in [7, 11) is 0. The molecule has 0 fully saturated rings. The molecule has 0 unspecified atom stereocenters. The molecule has 0 spiro atoms. The standard InChI is InChI=1S/2C18H24N2.Ir/c2*1-17(2,3)13-7-9-19-15(11-13)16-12-14(8-10-20-16)18(4,5)6;/h2*7-12H,1-6H3;/q;;+3. The van der Waals surface area contributed by atoms with Crippen molar-refractivity contribution in [1.29, 1.82) is 0 Å². The first kappa shape index (κ1) is 34.5. The number of nitrogens with zero attached hydrogens (tertiary/aromatic N) is 4. The van der Waals surface area contributed by atoms with Crippen LogP contribution in [0.25, 0.3) is 22.8 Å². The van der Waals surface area contributed by atoms with Crippen LogP contribution in [0.1, 0.15) is 105 Å². The summed E-state index contributed by atoms with van der Waals surface area (Å²) in [6, 6.07) is 16.9. The van der Waals surface area contributed by atoms with Crippen molar-refractivity contribution in [3.63, 3.8) is 0 Å². The summed E-state index contributed by atoms with van der Waals surface area (Å²) in [5.74, 6) is 0. The van der Waals surface area contributed by atoms with E-state index in [0.29, 0.717) is 0 Å². The van der Waals surface area contributed by atoms with Crippen LogP contribution in [-0.2, 0) is 41.8 Å². The van der Waals surface area contributed by atoms with Gasteiger partial charge in [-0.2, -0.15) is 0 Å². The third-order valence-corrected chi connectivity index (χ3v) is 7.03. The number of hydrogen-bond donors (Lipinski definition) is 0. The summed E-state index contributed by atoms with van der Waals surface area (Å²) >= 11 is 0. The van der Waals surface area contributed by atoms with E-state index in [2.05, 4.69) is 152 Å². The molecule has 0 aromatic carbocycles. The van der Waals surface area contributed by atoms with Crippen LogP contribution in [0.4, 0.5) is 0 Å². The summed E-state index contributed by atoms with van der Waals surface area (Å²) in [4.78, 5) is 17.9. The van der Waals surface area contributed by atoms with Crippen LogP contribution in [0.2, 0.25) is 0 Å². The Morgan fingerprint density at radius 1 is 0.341 bits per heavy atom. The SMILES string of the molecule is CC(C)(C)c1ccnc(-c2cc(C(C)(C)C)ccn2)c1.CC(C)(C)c1ccnc(-c2cc(C(C)(C)C)ccn2)c1.[Ir+3]. The summed E-state index contributed by atoms with van der Waals surface area (Å²) in [6.45, 7) is 26.6. The first-order valence-corrected chi connectivity index (χ1v) is 14.2. The first-order valence-electron chi connectivity index (χ1n) is 14.2. The maximum absolute atomic E-state index is 4.48. The molecule has 4 aromatic rings. The molecule has 0 atom stereocenters. The van der Waals surface area contributed by atoms with E-state index in [1.54, 1.807) is 0 Å². The molecular weight excluding hydrogens is 681 g/mol. The molecule has 0 amide bonds. The fourth-order valence-corrected chi connectivity index (χ4v) is 4.15. The van der Waals surface area contributed by atoms with Crippen molar-refractivity contribution >= 4 is 0 Å². The molecule has 0 bridgehead atoms. The van der Waals surface area contributed by atoms with Crippen LogP contribution in [0.3, 0.4) is 0 Å². The van der Waals surface area contributed by atoms with Crippen molar-refractivity contribution in [2.24, 2.45) is 0 Å². The molecule has 0 N–H and O–H groups in total. The molecule has 41 heavy (non-hydrogen) atoms. The van der Waals surface area contributed by atoms with Gasteiger partial charge in [-0.1, -0.05) is 83.1 Å². The average molecular weight is 729 g/mol. The van der Waals surface area contributed by atoms with Gasteiger partial charge in [0.15, 0.2) is 0 Å². The zero-order valence-corrected chi connectivity index (χ0v) is 29.4. The van der Waals surface area contributed by atoms with Gasteiger partial charge in [0.1, 0.15) is 0 Å². The molecule has 0 radical (unpaired) electrons. The van der Waals surface area contributed by atoms with E-state index in [9.17, 15) is 0 Å². The van der Waals surface area contributed by atoms with Crippen molar-refractivity contribution in [2.75, 3.05) is 0 Å². The molecular formula is C36H48IrN4+3.